The van der Waals surface area contributed by atoms with Crippen LogP contribution >= 0.6 is 12.2 Å². The highest BCUT2D eigenvalue weighted by Crippen LogP contribution is 2.26. The number of anilines is 1. The van der Waals surface area contributed by atoms with Crippen LogP contribution in [0.2, 0.25) is 0 Å². The van der Waals surface area contributed by atoms with Gasteiger partial charge in [-0.15, -0.1) is 0 Å². The SMILES string of the molecule is COc1ccc([C@H](CNC(=S)Nc2cccc(C)c2)N2CCCCC2)cc1. The topological polar surface area (TPSA) is 36.5 Å². The predicted molar refractivity (Wildman–Crippen MR) is 117 cm³/mol. The zero-order valence-corrected chi connectivity index (χ0v) is 17.0. The quantitative estimate of drug-likeness (QED) is 0.718. The van der Waals surface area contributed by atoms with Gasteiger partial charge in [-0.05, 0) is 80.5 Å². The third-order valence-electron chi connectivity index (χ3n) is 5.06. The summed E-state index contributed by atoms with van der Waals surface area (Å²) >= 11 is 5.53. The number of nitrogens with zero attached hydrogens (tertiary/aromatic N) is 1. The third-order valence-corrected chi connectivity index (χ3v) is 5.31. The summed E-state index contributed by atoms with van der Waals surface area (Å²) in [7, 11) is 1.70. The molecule has 27 heavy (non-hydrogen) atoms. The Morgan fingerprint density at radius 3 is 2.52 bits per heavy atom. The van der Waals surface area contributed by atoms with Crippen molar-refractivity contribution in [3.8, 4) is 5.75 Å². The number of ether oxygens (including phenoxy) is 1. The first-order chi connectivity index (χ1) is 13.2. The molecule has 0 saturated carbocycles. The molecule has 2 aromatic rings. The molecule has 0 amide bonds. The van der Waals surface area contributed by atoms with Gasteiger partial charge in [0.05, 0.1) is 13.2 Å². The summed E-state index contributed by atoms with van der Waals surface area (Å²) in [6, 6.07) is 16.9. The minimum atomic E-state index is 0.300. The molecule has 1 aliphatic heterocycles. The second-order valence-corrected chi connectivity index (χ2v) is 7.50. The fourth-order valence-corrected chi connectivity index (χ4v) is 3.80. The highest BCUT2D eigenvalue weighted by Gasteiger charge is 2.22. The Kier molecular flexibility index (Phi) is 7.07. The Labute approximate surface area is 167 Å². The minimum absolute atomic E-state index is 0.300. The first-order valence-electron chi connectivity index (χ1n) is 9.65. The molecule has 1 saturated heterocycles. The average Bonchev–Trinajstić information content (AvgIpc) is 2.69. The van der Waals surface area contributed by atoms with E-state index in [0.717, 1.165) is 31.1 Å². The number of likely N-dealkylation sites (tertiary alicyclic amines) is 1. The van der Waals surface area contributed by atoms with Gasteiger partial charge in [0.1, 0.15) is 5.75 Å². The van der Waals surface area contributed by atoms with Crippen LogP contribution in [0.4, 0.5) is 5.69 Å². The molecular formula is C22H29N3OS. The number of hydrogen-bond donors (Lipinski definition) is 2. The number of thiocarbonyl (C=S) groups is 1. The second kappa shape index (κ2) is 9.72. The molecule has 0 aliphatic carbocycles. The van der Waals surface area contributed by atoms with Crippen LogP contribution in [0, 0.1) is 6.92 Å². The monoisotopic (exact) mass is 383 g/mol. The van der Waals surface area contributed by atoms with Crippen molar-refractivity contribution >= 4 is 23.0 Å². The van der Waals surface area contributed by atoms with Crippen molar-refractivity contribution in [2.45, 2.75) is 32.2 Å². The van der Waals surface area contributed by atoms with E-state index in [2.05, 4.69) is 46.7 Å². The van der Waals surface area contributed by atoms with Gasteiger partial charge in [0.25, 0.3) is 0 Å². The zero-order valence-electron chi connectivity index (χ0n) is 16.2. The first kappa shape index (κ1) is 19.6. The van der Waals surface area contributed by atoms with Gasteiger partial charge >= 0.3 is 0 Å². The number of methoxy groups -OCH3 is 1. The van der Waals surface area contributed by atoms with E-state index in [0.29, 0.717) is 11.2 Å². The smallest absolute Gasteiger partial charge is 0.170 e. The number of piperidine rings is 1. The number of aryl methyl sites for hydroxylation is 1. The lowest BCUT2D eigenvalue weighted by molar-refractivity contribution is 0.164. The fourth-order valence-electron chi connectivity index (χ4n) is 3.60. The molecule has 0 spiro atoms. The van der Waals surface area contributed by atoms with Crippen LogP contribution in [0.5, 0.6) is 5.75 Å². The van der Waals surface area contributed by atoms with Gasteiger partial charge in [0.15, 0.2) is 5.11 Å². The Hall–Kier alpha value is -2.11. The van der Waals surface area contributed by atoms with E-state index in [1.54, 1.807) is 7.11 Å². The molecule has 1 aliphatic rings. The lowest BCUT2D eigenvalue weighted by Gasteiger charge is -2.35. The summed E-state index contributed by atoms with van der Waals surface area (Å²) in [5, 5.41) is 7.38. The average molecular weight is 384 g/mol. The lowest BCUT2D eigenvalue weighted by Crippen LogP contribution is -2.41. The Morgan fingerprint density at radius 1 is 1.11 bits per heavy atom. The normalized spacial score (nSPS) is 15.8. The van der Waals surface area contributed by atoms with Crippen LogP contribution in [0.3, 0.4) is 0 Å². The maximum absolute atomic E-state index is 5.53. The molecule has 1 fully saturated rings. The molecule has 2 aromatic carbocycles. The van der Waals surface area contributed by atoms with Crippen LogP contribution in [0.15, 0.2) is 48.5 Å². The highest BCUT2D eigenvalue weighted by molar-refractivity contribution is 7.80. The molecule has 5 heteroatoms. The molecule has 0 bridgehead atoms. The van der Waals surface area contributed by atoms with Gasteiger partial charge in [0.2, 0.25) is 0 Å². The summed E-state index contributed by atoms with van der Waals surface area (Å²) in [5.41, 5.74) is 3.53. The van der Waals surface area contributed by atoms with E-state index in [9.17, 15) is 0 Å². The van der Waals surface area contributed by atoms with Crippen molar-refractivity contribution in [3.63, 3.8) is 0 Å². The Bertz CT molecular complexity index is 741. The molecular weight excluding hydrogens is 354 g/mol. The van der Waals surface area contributed by atoms with Gasteiger partial charge in [0, 0.05) is 12.2 Å². The molecule has 0 unspecified atom stereocenters. The van der Waals surface area contributed by atoms with E-state index in [1.165, 1.54) is 30.4 Å². The molecule has 3 rings (SSSR count). The molecule has 144 valence electrons. The largest absolute Gasteiger partial charge is 0.497 e. The van der Waals surface area contributed by atoms with Crippen molar-refractivity contribution < 1.29 is 4.74 Å². The highest BCUT2D eigenvalue weighted by atomic mass is 32.1. The van der Waals surface area contributed by atoms with E-state index < -0.39 is 0 Å². The van der Waals surface area contributed by atoms with Crippen molar-refractivity contribution in [1.82, 2.24) is 10.2 Å². The molecule has 2 N–H and O–H groups in total. The summed E-state index contributed by atoms with van der Waals surface area (Å²) in [6.45, 7) is 5.13. The summed E-state index contributed by atoms with van der Waals surface area (Å²) < 4.78 is 5.31. The van der Waals surface area contributed by atoms with E-state index >= 15 is 0 Å². The molecule has 1 atom stereocenters. The van der Waals surface area contributed by atoms with E-state index in [1.807, 2.05) is 24.3 Å². The van der Waals surface area contributed by atoms with Crippen LogP contribution in [0.1, 0.15) is 36.4 Å². The number of hydrogen-bond acceptors (Lipinski definition) is 3. The lowest BCUT2D eigenvalue weighted by atomic mass is 10.0. The van der Waals surface area contributed by atoms with Crippen molar-refractivity contribution in [3.05, 3.63) is 59.7 Å². The predicted octanol–water partition coefficient (Wildman–Crippen LogP) is 4.52. The van der Waals surface area contributed by atoms with Crippen LogP contribution in [0.25, 0.3) is 0 Å². The van der Waals surface area contributed by atoms with E-state index in [4.69, 9.17) is 17.0 Å². The van der Waals surface area contributed by atoms with Gasteiger partial charge in [-0.2, -0.15) is 0 Å². The molecule has 1 heterocycles. The standard InChI is InChI=1S/C22H29N3OS/c1-17-7-6-8-19(15-17)24-22(27)23-16-21(25-13-4-3-5-14-25)18-9-11-20(26-2)12-10-18/h6-12,15,21H,3-5,13-14,16H2,1-2H3,(H2,23,24,27)/t21-/m0/s1. The summed E-state index contributed by atoms with van der Waals surface area (Å²) in [4.78, 5) is 2.56. The van der Waals surface area contributed by atoms with Gasteiger partial charge in [-0.25, -0.2) is 0 Å². The van der Waals surface area contributed by atoms with Crippen LogP contribution in [-0.4, -0.2) is 36.8 Å². The number of rotatable bonds is 6. The fraction of sp³-hybridized carbons (Fsp3) is 0.409. The maximum atomic E-state index is 5.53. The summed E-state index contributed by atoms with van der Waals surface area (Å²) in [6.07, 6.45) is 3.85. The van der Waals surface area contributed by atoms with Crippen molar-refractivity contribution in [1.29, 1.82) is 0 Å². The Morgan fingerprint density at radius 2 is 1.85 bits per heavy atom. The number of nitrogens with one attached hydrogen (secondary N) is 2. The summed E-state index contributed by atoms with van der Waals surface area (Å²) in [5.74, 6) is 0.890. The second-order valence-electron chi connectivity index (χ2n) is 7.09. The zero-order chi connectivity index (χ0) is 19.1. The first-order valence-corrected chi connectivity index (χ1v) is 10.1. The molecule has 0 radical (unpaired) electrons. The van der Waals surface area contributed by atoms with Gasteiger partial charge in [-0.1, -0.05) is 30.7 Å². The van der Waals surface area contributed by atoms with Crippen molar-refractivity contribution in [2.24, 2.45) is 0 Å². The van der Waals surface area contributed by atoms with Gasteiger partial charge in [-0.3, -0.25) is 4.90 Å². The Balaban J connectivity index is 1.65. The van der Waals surface area contributed by atoms with Crippen LogP contribution < -0.4 is 15.4 Å². The minimum Gasteiger partial charge on any atom is -0.497 e. The van der Waals surface area contributed by atoms with Gasteiger partial charge < -0.3 is 15.4 Å². The molecule has 0 aromatic heterocycles. The third kappa shape index (κ3) is 5.68. The maximum Gasteiger partial charge on any atom is 0.170 e. The van der Waals surface area contributed by atoms with Crippen molar-refractivity contribution in [2.75, 3.05) is 32.1 Å². The number of benzene rings is 2. The van der Waals surface area contributed by atoms with Crippen LogP contribution in [-0.2, 0) is 0 Å². The van der Waals surface area contributed by atoms with E-state index in [-0.39, 0.29) is 0 Å². The molecule has 4 nitrogen and oxygen atoms in total.